The highest BCUT2D eigenvalue weighted by Crippen LogP contribution is 2.31. The molecular formula is C19H34O3. The molecule has 2 heterocycles. The highest BCUT2D eigenvalue weighted by molar-refractivity contribution is 5.71. The Bertz CT molecular complexity index is 316. The van der Waals surface area contributed by atoms with Crippen LogP contribution < -0.4 is 0 Å². The number of esters is 1. The number of hydrogen-bond acceptors (Lipinski definition) is 3. The molecule has 22 heavy (non-hydrogen) atoms. The zero-order valence-corrected chi connectivity index (χ0v) is 14.4. The average molecular weight is 310 g/mol. The minimum Gasteiger partial charge on any atom is -0.460 e. The van der Waals surface area contributed by atoms with Crippen molar-refractivity contribution in [3.05, 3.63) is 0 Å². The van der Waals surface area contributed by atoms with E-state index in [0.29, 0.717) is 12.5 Å². The maximum Gasteiger partial charge on any atom is 0.306 e. The number of carbonyl (C=O) groups excluding carboxylic acids is 1. The summed E-state index contributed by atoms with van der Waals surface area (Å²) < 4.78 is 11.4. The zero-order chi connectivity index (χ0) is 15.6. The van der Waals surface area contributed by atoms with E-state index in [1.54, 1.807) is 0 Å². The predicted octanol–water partition coefficient (Wildman–Crippen LogP) is 5.16. The second kappa shape index (κ2) is 10.3. The third-order valence-corrected chi connectivity index (χ3v) is 5.10. The van der Waals surface area contributed by atoms with Crippen molar-refractivity contribution in [3.8, 4) is 0 Å². The van der Waals surface area contributed by atoms with Gasteiger partial charge < -0.3 is 9.47 Å². The third-order valence-electron chi connectivity index (χ3n) is 5.10. The predicted molar refractivity (Wildman–Crippen MR) is 88.9 cm³/mol. The number of hydrogen-bond donors (Lipinski definition) is 0. The molecule has 2 saturated heterocycles. The molecule has 2 aliphatic rings. The molecule has 0 N–H and O–H groups in total. The average Bonchev–Trinajstić information content (AvgIpc) is 3.14. The highest BCUT2D eigenvalue weighted by atomic mass is 16.6. The van der Waals surface area contributed by atoms with Gasteiger partial charge in [-0.2, -0.15) is 0 Å². The highest BCUT2D eigenvalue weighted by Gasteiger charge is 2.36. The van der Waals surface area contributed by atoms with Gasteiger partial charge in [0.1, 0.15) is 6.10 Å². The summed E-state index contributed by atoms with van der Waals surface area (Å²) in [5.74, 6) is -0.0454. The van der Waals surface area contributed by atoms with Gasteiger partial charge in [-0.15, -0.1) is 0 Å². The van der Waals surface area contributed by atoms with Crippen molar-refractivity contribution >= 4 is 5.97 Å². The van der Waals surface area contributed by atoms with Crippen LogP contribution in [0.5, 0.6) is 0 Å². The monoisotopic (exact) mass is 310 g/mol. The Balaban J connectivity index is 1.43. The zero-order valence-electron chi connectivity index (χ0n) is 14.4. The van der Waals surface area contributed by atoms with Crippen molar-refractivity contribution in [1.82, 2.24) is 0 Å². The Morgan fingerprint density at radius 2 is 1.55 bits per heavy atom. The van der Waals surface area contributed by atoms with Crippen molar-refractivity contribution in [3.63, 3.8) is 0 Å². The van der Waals surface area contributed by atoms with Gasteiger partial charge in [0.25, 0.3) is 0 Å². The van der Waals surface area contributed by atoms with E-state index in [-0.39, 0.29) is 18.2 Å². The van der Waals surface area contributed by atoms with Gasteiger partial charge >= 0.3 is 5.97 Å². The van der Waals surface area contributed by atoms with Crippen LogP contribution in [0.2, 0.25) is 0 Å². The lowest BCUT2D eigenvalue weighted by molar-refractivity contribution is -0.146. The molecule has 3 heteroatoms. The third kappa shape index (κ3) is 6.28. The van der Waals surface area contributed by atoms with E-state index < -0.39 is 0 Å². The molecule has 0 amide bonds. The summed E-state index contributed by atoms with van der Waals surface area (Å²) in [7, 11) is 0. The lowest BCUT2D eigenvalue weighted by Crippen LogP contribution is -2.26. The number of rotatable bonds is 11. The minimum atomic E-state index is -0.0454. The van der Waals surface area contributed by atoms with Crippen LogP contribution in [0.1, 0.15) is 96.8 Å². The van der Waals surface area contributed by atoms with Crippen LogP contribution in [-0.4, -0.2) is 24.3 Å². The molecule has 0 saturated carbocycles. The summed E-state index contributed by atoms with van der Waals surface area (Å²) >= 11 is 0. The molecule has 0 aliphatic carbocycles. The molecule has 2 rings (SSSR count). The molecule has 3 nitrogen and oxygen atoms in total. The SMILES string of the molecule is CCCCCCCCCCC[C@H]1CC[C@H]([C@H]2CCC(=O)O2)O1. The largest absolute Gasteiger partial charge is 0.460 e. The van der Waals surface area contributed by atoms with Crippen molar-refractivity contribution in [2.75, 3.05) is 0 Å². The maximum atomic E-state index is 11.2. The fourth-order valence-electron chi connectivity index (χ4n) is 3.71. The molecule has 2 aliphatic heterocycles. The van der Waals surface area contributed by atoms with Gasteiger partial charge in [-0.1, -0.05) is 64.7 Å². The molecule has 0 spiro atoms. The summed E-state index contributed by atoms with van der Waals surface area (Å²) in [5.41, 5.74) is 0. The number of carbonyl (C=O) groups is 1. The van der Waals surface area contributed by atoms with Crippen molar-refractivity contribution in [2.45, 2.75) is 115 Å². The van der Waals surface area contributed by atoms with E-state index >= 15 is 0 Å². The van der Waals surface area contributed by atoms with Gasteiger partial charge in [0.15, 0.2) is 0 Å². The fraction of sp³-hybridized carbons (Fsp3) is 0.947. The van der Waals surface area contributed by atoms with E-state index in [2.05, 4.69) is 6.92 Å². The second-order valence-corrected chi connectivity index (χ2v) is 7.06. The van der Waals surface area contributed by atoms with Crippen LogP contribution in [0.25, 0.3) is 0 Å². The molecule has 0 aromatic heterocycles. The Kier molecular flexibility index (Phi) is 8.28. The van der Waals surface area contributed by atoms with Gasteiger partial charge in [0.2, 0.25) is 0 Å². The van der Waals surface area contributed by atoms with Gasteiger partial charge in [0, 0.05) is 6.42 Å². The number of unbranched alkanes of at least 4 members (excludes halogenated alkanes) is 8. The molecule has 0 unspecified atom stereocenters. The van der Waals surface area contributed by atoms with Crippen molar-refractivity contribution < 1.29 is 14.3 Å². The molecule has 0 bridgehead atoms. The lowest BCUT2D eigenvalue weighted by Gasteiger charge is -2.18. The summed E-state index contributed by atoms with van der Waals surface area (Å²) in [5, 5.41) is 0. The van der Waals surface area contributed by atoms with Crippen LogP contribution in [0.15, 0.2) is 0 Å². The van der Waals surface area contributed by atoms with E-state index in [0.717, 1.165) is 19.3 Å². The molecule has 3 atom stereocenters. The maximum absolute atomic E-state index is 11.2. The number of cyclic esters (lactones) is 1. The quantitative estimate of drug-likeness (QED) is 0.390. The van der Waals surface area contributed by atoms with Gasteiger partial charge in [0.05, 0.1) is 12.2 Å². The topological polar surface area (TPSA) is 35.5 Å². The van der Waals surface area contributed by atoms with Gasteiger partial charge in [-0.05, 0) is 25.7 Å². The lowest BCUT2D eigenvalue weighted by atomic mass is 10.0. The first-order valence-electron chi connectivity index (χ1n) is 9.64. The fourth-order valence-corrected chi connectivity index (χ4v) is 3.71. The van der Waals surface area contributed by atoms with E-state index in [4.69, 9.17) is 9.47 Å². The van der Waals surface area contributed by atoms with E-state index in [1.165, 1.54) is 64.2 Å². The van der Waals surface area contributed by atoms with Gasteiger partial charge in [-0.25, -0.2) is 0 Å². The first-order chi connectivity index (χ1) is 10.8. The molecule has 0 radical (unpaired) electrons. The molecule has 0 aromatic carbocycles. The second-order valence-electron chi connectivity index (χ2n) is 7.06. The normalized spacial score (nSPS) is 28.2. The molecule has 128 valence electrons. The van der Waals surface area contributed by atoms with Crippen LogP contribution in [-0.2, 0) is 14.3 Å². The Hall–Kier alpha value is -0.570. The van der Waals surface area contributed by atoms with Crippen molar-refractivity contribution in [2.24, 2.45) is 0 Å². The summed E-state index contributed by atoms with van der Waals surface area (Å²) in [6.07, 6.45) is 17.9. The van der Waals surface area contributed by atoms with E-state index in [9.17, 15) is 4.79 Å². The van der Waals surface area contributed by atoms with Crippen LogP contribution in [0.4, 0.5) is 0 Å². The smallest absolute Gasteiger partial charge is 0.306 e. The van der Waals surface area contributed by atoms with Crippen LogP contribution in [0.3, 0.4) is 0 Å². The summed E-state index contributed by atoms with van der Waals surface area (Å²) in [4.78, 5) is 11.2. The first-order valence-corrected chi connectivity index (χ1v) is 9.64. The van der Waals surface area contributed by atoms with Crippen LogP contribution in [0, 0.1) is 0 Å². The standard InChI is InChI=1S/C19H34O3/c1-2-3-4-5-6-7-8-9-10-11-16-12-13-17(21-16)18-14-15-19(20)22-18/h16-18H,2-15H2,1H3/t16-,17+,18+/m0/s1. The molecule has 0 aromatic rings. The van der Waals surface area contributed by atoms with E-state index in [1.807, 2.05) is 0 Å². The Morgan fingerprint density at radius 3 is 2.18 bits per heavy atom. The Morgan fingerprint density at radius 1 is 0.864 bits per heavy atom. The van der Waals surface area contributed by atoms with Crippen LogP contribution >= 0.6 is 0 Å². The minimum absolute atomic E-state index is 0.0422. The number of ether oxygens (including phenoxy) is 2. The van der Waals surface area contributed by atoms with Crippen molar-refractivity contribution in [1.29, 1.82) is 0 Å². The van der Waals surface area contributed by atoms with Gasteiger partial charge in [-0.3, -0.25) is 4.79 Å². The summed E-state index contributed by atoms with van der Waals surface area (Å²) in [6.45, 7) is 2.27. The molecule has 2 fully saturated rings. The first kappa shape index (κ1) is 17.8. The summed E-state index contributed by atoms with van der Waals surface area (Å²) in [6, 6.07) is 0. The Labute approximate surface area is 136 Å². The molecular weight excluding hydrogens is 276 g/mol.